The molecule has 0 amide bonds. The summed E-state index contributed by atoms with van der Waals surface area (Å²) in [5, 5.41) is 9.72. The minimum atomic E-state index is -3.32. The number of aliphatic imine (C=N–C) groups is 1. The van der Waals surface area contributed by atoms with E-state index in [4.69, 9.17) is 4.42 Å². The highest BCUT2D eigenvalue weighted by molar-refractivity contribution is 7.91. The van der Waals surface area contributed by atoms with E-state index in [1.807, 2.05) is 6.92 Å². The Kier molecular flexibility index (Phi) is 3.94. The Bertz CT molecular complexity index is 744. The predicted molar refractivity (Wildman–Crippen MR) is 76.5 cm³/mol. The number of rotatable bonds is 4. The van der Waals surface area contributed by atoms with Crippen LogP contribution in [0.25, 0.3) is 0 Å². The molecule has 0 aliphatic heterocycles. The van der Waals surface area contributed by atoms with Gasteiger partial charge >= 0.3 is 0 Å². The van der Waals surface area contributed by atoms with Gasteiger partial charge in [0.1, 0.15) is 23.0 Å². The van der Waals surface area contributed by atoms with Crippen LogP contribution in [0.1, 0.15) is 18.4 Å². The van der Waals surface area contributed by atoms with Gasteiger partial charge < -0.3 is 9.52 Å². The quantitative estimate of drug-likeness (QED) is 0.879. The maximum absolute atomic E-state index is 11.8. The number of phenols is 1. The van der Waals surface area contributed by atoms with Crippen LogP contribution in [0.15, 0.2) is 44.6 Å². The van der Waals surface area contributed by atoms with Gasteiger partial charge in [0, 0.05) is 0 Å². The lowest BCUT2D eigenvalue weighted by Gasteiger charge is -2.04. The lowest BCUT2D eigenvalue weighted by Crippen LogP contribution is -2.03. The van der Waals surface area contributed by atoms with Crippen LogP contribution in [0, 0.1) is 6.92 Å². The lowest BCUT2D eigenvalue weighted by atomic mass is 10.3. The summed E-state index contributed by atoms with van der Waals surface area (Å²) < 4.78 is 28.9. The van der Waals surface area contributed by atoms with E-state index in [-0.39, 0.29) is 22.1 Å². The molecule has 0 fully saturated rings. The van der Waals surface area contributed by atoms with Crippen molar-refractivity contribution < 1.29 is 17.9 Å². The number of furan rings is 1. The van der Waals surface area contributed by atoms with Crippen LogP contribution in [0.5, 0.6) is 5.75 Å². The summed E-state index contributed by atoms with van der Waals surface area (Å²) in [6.45, 7) is 3.38. The minimum Gasteiger partial charge on any atom is -0.506 e. The van der Waals surface area contributed by atoms with Crippen LogP contribution < -0.4 is 0 Å². The monoisotopic (exact) mass is 293 g/mol. The first-order valence-electron chi connectivity index (χ1n) is 6.08. The Morgan fingerprint density at radius 1 is 1.30 bits per heavy atom. The summed E-state index contributed by atoms with van der Waals surface area (Å²) in [5.41, 5.74) is 0.188. The molecule has 0 atom stereocenters. The predicted octanol–water partition coefficient (Wildman–Crippen LogP) is 2.84. The van der Waals surface area contributed by atoms with E-state index >= 15 is 0 Å². The van der Waals surface area contributed by atoms with Crippen molar-refractivity contribution in [1.29, 1.82) is 0 Å². The summed E-state index contributed by atoms with van der Waals surface area (Å²) >= 11 is 0. The number of phenolic OH excluding ortho intramolecular Hbond substituents is 1. The largest absolute Gasteiger partial charge is 0.506 e. The average molecular weight is 293 g/mol. The van der Waals surface area contributed by atoms with Crippen molar-refractivity contribution in [2.45, 2.75) is 18.7 Å². The van der Waals surface area contributed by atoms with Crippen LogP contribution in [0.4, 0.5) is 5.69 Å². The van der Waals surface area contributed by atoms with Gasteiger partial charge in [-0.15, -0.1) is 0 Å². The van der Waals surface area contributed by atoms with Crippen molar-refractivity contribution in [2.24, 2.45) is 4.99 Å². The molecular weight excluding hydrogens is 278 g/mol. The van der Waals surface area contributed by atoms with E-state index in [1.165, 1.54) is 24.4 Å². The highest BCUT2D eigenvalue weighted by Crippen LogP contribution is 2.29. The fraction of sp³-hybridized carbons (Fsp3) is 0.214. The summed E-state index contributed by atoms with van der Waals surface area (Å²) in [4.78, 5) is 4.20. The van der Waals surface area contributed by atoms with Crippen molar-refractivity contribution in [3.05, 3.63) is 41.9 Å². The van der Waals surface area contributed by atoms with E-state index < -0.39 is 9.84 Å². The summed E-state index contributed by atoms with van der Waals surface area (Å²) in [6, 6.07) is 7.56. The van der Waals surface area contributed by atoms with Gasteiger partial charge in [0.15, 0.2) is 9.84 Å². The Labute approximate surface area is 117 Å². The number of benzene rings is 1. The molecule has 1 aromatic heterocycles. The van der Waals surface area contributed by atoms with Gasteiger partial charge in [-0.1, -0.05) is 6.92 Å². The molecule has 106 valence electrons. The molecule has 0 bridgehead atoms. The Morgan fingerprint density at radius 3 is 2.65 bits per heavy atom. The number of aromatic hydroxyl groups is 1. The molecular formula is C14H15NO4S. The van der Waals surface area contributed by atoms with Crippen LogP contribution >= 0.6 is 0 Å². The zero-order valence-corrected chi connectivity index (χ0v) is 12.0. The molecule has 0 aliphatic rings. The summed E-state index contributed by atoms with van der Waals surface area (Å²) in [7, 11) is -3.32. The number of aryl methyl sites for hydroxylation is 1. The smallest absolute Gasteiger partial charge is 0.178 e. The molecule has 0 aliphatic carbocycles. The van der Waals surface area contributed by atoms with E-state index in [0.717, 1.165) is 5.76 Å². The SMILES string of the molecule is CCS(=O)(=O)c1ccc(O)c(N=Cc2ccc(C)o2)c1. The van der Waals surface area contributed by atoms with Crippen LogP contribution in [0.3, 0.4) is 0 Å². The first-order valence-corrected chi connectivity index (χ1v) is 7.74. The van der Waals surface area contributed by atoms with E-state index in [9.17, 15) is 13.5 Å². The molecule has 0 spiro atoms. The fourth-order valence-corrected chi connectivity index (χ4v) is 2.52. The Morgan fingerprint density at radius 2 is 2.05 bits per heavy atom. The molecule has 0 saturated heterocycles. The standard InChI is InChI=1S/C14H15NO4S/c1-3-20(17,18)12-6-7-14(16)13(8-12)15-9-11-5-4-10(2)19-11/h4-9,16H,3H2,1-2H3. The van der Waals surface area contributed by atoms with Crippen LogP contribution in [0.2, 0.25) is 0 Å². The molecule has 0 saturated carbocycles. The van der Waals surface area contributed by atoms with Crippen molar-refractivity contribution >= 4 is 21.7 Å². The molecule has 0 unspecified atom stereocenters. The molecule has 1 aromatic carbocycles. The second-order valence-electron chi connectivity index (χ2n) is 4.26. The molecule has 1 N–H and O–H groups in total. The Hall–Kier alpha value is -2.08. The molecule has 6 heteroatoms. The molecule has 5 nitrogen and oxygen atoms in total. The number of nitrogens with zero attached hydrogens (tertiary/aromatic N) is 1. The molecule has 1 heterocycles. The maximum atomic E-state index is 11.8. The van der Waals surface area contributed by atoms with Crippen LogP contribution in [-0.2, 0) is 9.84 Å². The highest BCUT2D eigenvalue weighted by Gasteiger charge is 2.13. The topological polar surface area (TPSA) is 79.9 Å². The number of sulfone groups is 1. The van der Waals surface area contributed by atoms with Gasteiger partial charge in [0.2, 0.25) is 0 Å². The highest BCUT2D eigenvalue weighted by atomic mass is 32.2. The van der Waals surface area contributed by atoms with Gasteiger partial charge in [-0.25, -0.2) is 13.4 Å². The van der Waals surface area contributed by atoms with Crippen molar-refractivity contribution in [3.63, 3.8) is 0 Å². The normalized spacial score (nSPS) is 12.1. The third-order valence-corrected chi connectivity index (χ3v) is 4.51. The van der Waals surface area contributed by atoms with E-state index in [2.05, 4.69) is 4.99 Å². The van der Waals surface area contributed by atoms with Crippen molar-refractivity contribution in [2.75, 3.05) is 5.75 Å². The number of hydrogen-bond acceptors (Lipinski definition) is 5. The van der Waals surface area contributed by atoms with E-state index in [0.29, 0.717) is 5.76 Å². The fourth-order valence-electron chi connectivity index (χ4n) is 1.62. The van der Waals surface area contributed by atoms with Crippen LogP contribution in [-0.4, -0.2) is 25.5 Å². The van der Waals surface area contributed by atoms with Gasteiger partial charge in [0.05, 0.1) is 16.9 Å². The minimum absolute atomic E-state index is 0.00168. The first-order chi connectivity index (χ1) is 9.42. The zero-order valence-electron chi connectivity index (χ0n) is 11.2. The van der Waals surface area contributed by atoms with Gasteiger partial charge in [0.25, 0.3) is 0 Å². The molecule has 0 radical (unpaired) electrons. The zero-order chi connectivity index (χ0) is 14.8. The third kappa shape index (κ3) is 3.08. The van der Waals surface area contributed by atoms with E-state index in [1.54, 1.807) is 19.1 Å². The summed E-state index contributed by atoms with van der Waals surface area (Å²) in [6.07, 6.45) is 1.43. The molecule has 20 heavy (non-hydrogen) atoms. The maximum Gasteiger partial charge on any atom is 0.178 e. The van der Waals surface area contributed by atoms with Gasteiger partial charge in [-0.3, -0.25) is 0 Å². The van der Waals surface area contributed by atoms with Gasteiger partial charge in [-0.2, -0.15) is 0 Å². The summed E-state index contributed by atoms with van der Waals surface area (Å²) in [5.74, 6) is 1.20. The Balaban J connectivity index is 2.37. The lowest BCUT2D eigenvalue weighted by molar-refractivity contribution is 0.476. The second kappa shape index (κ2) is 5.50. The third-order valence-electron chi connectivity index (χ3n) is 2.78. The van der Waals surface area contributed by atoms with Crippen molar-refractivity contribution in [1.82, 2.24) is 0 Å². The van der Waals surface area contributed by atoms with Gasteiger partial charge in [-0.05, 0) is 37.3 Å². The first kappa shape index (κ1) is 14.3. The molecule has 2 rings (SSSR count). The average Bonchev–Trinajstić information content (AvgIpc) is 2.83. The van der Waals surface area contributed by atoms with Crippen molar-refractivity contribution in [3.8, 4) is 5.75 Å². The second-order valence-corrected chi connectivity index (χ2v) is 6.54. The number of hydrogen-bond donors (Lipinski definition) is 1. The molecule has 2 aromatic rings.